The van der Waals surface area contributed by atoms with E-state index in [1.165, 1.54) is 37.7 Å². The predicted octanol–water partition coefficient (Wildman–Crippen LogP) is 8.47. The highest BCUT2D eigenvalue weighted by molar-refractivity contribution is 5.91. The highest BCUT2D eigenvalue weighted by atomic mass is 16.5. The monoisotopic (exact) mass is 498 g/mol. The van der Waals surface area contributed by atoms with Gasteiger partial charge in [-0.2, -0.15) is 0 Å². The smallest absolute Gasteiger partial charge is 0.168 e. The minimum atomic E-state index is 0.672. The summed E-state index contributed by atoms with van der Waals surface area (Å²) in [5, 5.41) is 0. The maximum Gasteiger partial charge on any atom is 0.168 e. The Morgan fingerprint density at radius 2 is 1.43 bits per heavy atom. The van der Waals surface area contributed by atoms with Crippen LogP contribution in [-0.2, 0) is 0 Å². The highest BCUT2D eigenvalue weighted by Crippen LogP contribution is 2.42. The molecule has 0 unspecified atom stereocenters. The Labute approximate surface area is 221 Å². The first-order valence-electron chi connectivity index (χ1n) is 13.0. The van der Waals surface area contributed by atoms with Crippen molar-refractivity contribution in [2.24, 2.45) is 0 Å². The molecule has 0 radical (unpaired) electrons. The summed E-state index contributed by atoms with van der Waals surface area (Å²) in [5.74, 6) is 3.48. The van der Waals surface area contributed by atoms with Crippen LogP contribution >= 0.6 is 0 Å². The van der Waals surface area contributed by atoms with Crippen molar-refractivity contribution in [1.82, 2.24) is 0 Å². The molecule has 1 aliphatic rings. The summed E-state index contributed by atoms with van der Waals surface area (Å²) in [6, 6.07) is 17.1. The van der Waals surface area contributed by atoms with E-state index in [2.05, 4.69) is 49.9 Å². The van der Waals surface area contributed by atoms with Gasteiger partial charge in [0.25, 0.3) is 0 Å². The number of aryl methyl sites for hydroxylation is 1. The molecule has 3 aromatic rings. The number of hydrogen-bond acceptors (Lipinski definition) is 4. The lowest BCUT2D eigenvalue weighted by Gasteiger charge is -2.22. The van der Waals surface area contributed by atoms with Gasteiger partial charge in [-0.05, 0) is 89.4 Å². The summed E-state index contributed by atoms with van der Waals surface area (Å²) in [6.07, 6.45) is 10.6. The van der Waals surface area contributed by atoms with Crippen LogP contribution in [0.3, 0.4) is 0 Å². The molecule has 1 fully saturated rings. The van der Waals surface area contributed by atoms with Crippen molar-refractivity contribution in [2.75, 3.05) is 28.4 Å². The van der Waals surface area contributed by atoms with Gasteiger partial charge in [0.05, 0.1) is 28.4 Å². The summed E-state index contributed by atoms with van der Waals surface area (Å²) in [7, 11) is 6.66. The molecule has 0 amide bonds. The number of ether oxygens (including phenoxy) is 4. The quantitative estimate of drug-likeness (QED) is 0.219. The van der Waals surface area contributed by atoms with Gasteiger partial charge in [0.1, 0.15) is 0 Å². The minimum absolute atomic E-state index is 0.672. The maximum absolute atomic E-state index is 5.83. The van der Waals surface area contributed by atoms with Crippen molar-refractivity contribution >= 4 is 11.6 Å². The fraction of sp³-hybridized carbons (Fsp3) is 0.333. The summed E-state index contributed by atoms with van der Waals surface area (Å²) in [5.41, 5.74) is 7.59. The third kappa shape index (κ3) is 5.69. The summed E-state index contributed by atoms with van der Waals surface area (Å²) >= 11 is 0. The van der Waals surface area contributed by atoms with Crippen LogP contribution in [0.5, 0.6) is 23.0 Å². The molecule has 0 N–H and O–H groups in total. The third-order valence-corrected chi connectivity index (χ3v) is 7.41. The van der Waals surface area contributed by atoms with Crippen LogP contribution in [0, 0.1) is 6.92 Å². The average Bonchev–Trinajstić information content (AvgIpc) is 2.96. The van der Waals surface area contributed by atoms with Crippen LogP contribution in [0.4, 0.5) is 0 Å². The SMILES string of the molecule is C=C/C(=C\c1cc(OC)c(OC)cc1C)c1cc(OC)c(OC)c(-c2ccc(C3CCCCC3)cc2)c1. The van der Waals surface area contributed by atoms with E-state index >= 15 is 0 Å². The van der Waals surface area contributed by atoms with Crippen molar-refractivity contribution in [2.45, 2.75) is 44.9 Å². The Hall–Kier alpha value is -3.66. The van der Waals surface area contributed by atoms with Crippen molar-refractivity contribution in [3.63, 3.8) is 0 Å². The molecule has 0 atom stereocenters. The molecule has 37 heavy (non-hydrogen) atoms. The molecule has 1 aliphatic carbocycles. The highest BCUT2D eigenvalue weighted by Gasteiger charge is 2.18. The van der Waals surface area contributed by atoms with Crippen LogP contribution in [0.1, 0.15) is 60.3 Å². The first-order valence-corrected chi connectivity index (χ1v) is 13.0. The third-order valence-electron chi connectivity index (χ3n) is 7.41. The van der Waals surface area contributed by atoms with E-state index in [1.807, 2.05) is 24.3 Å². The summed E-state index contributed by atoms with van der Waals surface area (Å²) < 4.78 is 22.6. The molecule has 0 aromatic heterocycles. The molecule has 3 aromatic carbocycles. The fourth-order valence-corrected chi connectivity index (χ4v) is 5.30. The Kier molecular flexibility index (Phi) is 8.60. The van der Waals surface area contributed by atoms with Gasteiger partial charge >= 0.3 is 0 Å². The van der Waals surface area contributed by atoms with Gasteiger partial charge in [-0.3, -0.25) is 0 Å². The van der Waals surface area contributed by atoms with Gasteiger partial charge in [0.2, 0.25) is 0 Å². The average molecular weight is 499 g/mol. The Balaban J connectivity index is 1.78. The second kappa shape index (κ2) is 12.1. The minimum Gasteiger partial charge on any atom is -0.493 e. The molecule has 0 heterocycles. The Morgan fingerprint density at radius 1 is 0.784 bits per heavy atom. The second-order valence-corrected chi connectivity index (χ2v) is 9.58. The van der Waals surface area contributed by atoms with Crippen molar-refractivity contribution in [3.05, 3.63) is 83.4 Å². The topological polar surface area (TPSA) is 36.9 Å². The van der Waals surface area contributed by atoms with Crippen LogP contribution in [0.2, 0.25) is 0 Å². The molecule has 0 saturated heterocycles. The van der Waals surface area contributed by atoms with Crippen molar-refractivity contribution < 1.29 is 18.9 Å². The van der Waals surface area contributed by atoms with Gasteiger partial charge in [0.15, 0.2) is 23.0 Å². The van der Waals surface area contributed by atoms with Gasteiger partial charge in [-0.25, -0.2) is 0 Å². The molecular formula is C33H38O4. The summed E-state index contributed by atoms with van der Waals surface area (Å²) in [6.45, 7) is 6.17. The zero-order valence-electron chi connectivity index (χ0n) is 22.7. The van der Waals surface area contributed by atoms with Crippen molar-refractivity contribution in [3.8, 4) is 34.1 Å². The normalized spacial score (nSPS) is 14.2. The number of hydrogen-bond donors (Lipinski definition) is 0. The molecule has 1 saturated carbocycles. The van der Waals surface area contributed by atoms with Gasteiger partial charge in [-0.15, -0.1) is 0 Å². The molecule has 194 valence electrons. The van der Waals surface area contributed by atoms with Crippen LogP contribution in [-0.4, -0.2) is 28.4 Å². The van der Waals surface area contributed by atoms with Crippen LogP contribution in [0.15, 0.2) is 61.2 Å². The van der Waals surface area contributed by atoms with Crippen LogP contribution in [0.25, 0.3) is 22.8 Å². The number of methoxy groups -OCH3 is 4. The largest absolute Gasteiger partial charge is 0.493 e. The van der Waals surface area contributed by atoms with Gasteiger partial charge in [-0.1, -0.05) is 56.2 Å². The molecule has 4 heteroatoms. The van der Waals surface area contributed by atoms with E-state index in [1.54, 1.807) is 28.4 Å². The molecular weight excluding hydrogens is 460 g/mol. The van der Waals surface area contributed by atoms with Crippen LogP contribution < -0.4 is 18.9 Å². The van der Waals surface area contributed by atoms with E-state index in [4.69, 9.17) is 18.9 Å². The second-order valence-electron chi connectivity index (χ2n) is 9.58. The zero-order chi connectivity index (χ0) is 26.4. The van der Waals surface area contributed by atoms with E-state index in [9.17, 15) is 0 Å². The summed E-state index contributed by atoms with van der Waals surface area (Å²) in [4.78, 5) is 0. The first kappa shape index (κ1) is 26.4. The predicted molar refractivity (Wildman–Crippen MR) is 153 cm³/mol. The lowest BCUT2D eigenvalue weighted by molar-refractivity contribution is 0.354. The molecule has 0 spiro atoms. The lowest BCUT2D eigenvalue weighted by Crippen LogP contribution is -2.04. The Bertz CT molecular complexity index is 1260. The number of allylic oxidation sites excluding steroid dienone is 2. The Morgan fingerprint density at radius 3 is 2.03 bits per heavy atom. The standard InChI is InChI=1S/C33H38O4/c1-7-23(18-27-20-31(35-4)30(34-3)17-22(27)2)28-19-29(33(37-6)32(21-28)36-5)26-15-13-25(14-16-26)24-11-9-8-10-12-24/h7,13-21,24H,1,8-12H2,2-6H3/b23-18+. The van der Waals surface area contributed by atoms with E-state index < -0.39 is 0 Å². The number of benzene rings is 3. The molecule has 4 rings (SSSR count). The maximum atomic E-state index is 5.83. The van der Waals surface area contributed by atoms with Crippen molar-refractivity contribution in [1.29, 1.82) is 0 Å². The fourth-order valence-electron chi connectivity index (χ4n) is 5.30. The van der Waals surface area contributed by atoms with E-state index in [0.717, 1.165) is 39.1 Å². The molecule has 0 bridgehead atoms. The number of rotatable bonds is 9. The van der Waals surface area contributed by atoms with Gasteiger partial charge < -0.3 is 18.9 Å². The molecule has 0 aliphatic heterocycles. The first-order chi connectivity index (χ1) is 18.0. The van der Waals surface area contributed by atoms with E-state index in [-0.39, 0.29) is 0 Å². The zero-order valence-corrected chi connectivity index (χ0v) is 22.7. The lowest BCUT2D eigenvalue weighted by atomic mass is 9.83. The molecule has 4 nitrogen and oxygen atoms in total. The van der Waals surface area contributed by atoms with Gasteiger partial charge in [0, 0.05) is 5.56 Å². The van der Waals surface area contributed by atoms with E-state index in [0.29, 0.717) is 23.2 Å².